The highest BCUT2D eigenvalue weighted by atomic mass is 16.6. The molecule has 0 heterocycles. The second kappa shape index (κ2) is 10.1. The SMILES string of the molecule is C=Cc1cccc(C(=O)OC(=O)C(C(=O)OC(=O)c2cccc(C=C)c2)C(C)C)c1. The van der Waals surface area contributed by atoms with E-state index in [1.807, 2.05) is 0 Å². The van der Waals surface area contributed by atoms with E-state index in [0.717, 1.165) is 0 Å². The number of hydrogen-bond donors (Lipinski definition) is 0. The summed E-state index contributed by atoms with van der Waals surface area (Å²) >= 11 is 0. The van der Waals surface area contributed by atoms with Gasteiger partial charge in [0.05, 0.1) is 11.1 Å². The van der Waals surface area contributed by atoms with Gasteiger partial charge in [0.25, 0.3) is 0 Å². The Balaban J connectivity index is 2.12. The molecule has 0 amide bonds. The molecule has 0 atom stereocenters. The summed E-state index contributed by atoms with van der Waals surface area (Å²) in [4.78, 5) is 49.6. The maximum Gasteiger partial charge on any atom is 0.345 e. The lowest BCUT2D eigenvalue weighted by Crippen LogP contribution is -2.34. The molecule has 0 unspecified atom stereocenters. The number of ether oxygens (including phenoxy) is 2. The van der Waals surface area contributed by atoms with Crippen molar-refractivity contribution in [2.75, 3.05) is 0 Å². The molecule has 0 saturated carbocycles. The predicted octanol–water partition coefficient (Wildman–Crippen LogP) is 4.31. The van der Waals surface area contributed by atoms with E-state index < -0.39 is 35.7 Å². The number of esters is 4. The van der Waals surface area contributed by atoms with Gasteiger partial charge in [0.1, 0.15) is 0 Å². The third-order valence-corrected chi connectivity index (χ3v) is 4.28. The van der Waals surface area contributed by atoms with Crippen LogP contribution in [0, 0.1) is 11.8 Å². The van der Waals surface area contributed by atoms with Gasteiger partial charge in [-0.1, -0.05) is 63.4 Å². The van der Waals surface area contributed by atoms with Crippen LogP contribution in [-0.2, 0) is 19.1 Å². The second-order valence-corrected chi connectivity index (χ2v) is 6.80. The van der Waals surface area contributed by atoms with Crippen molar-refractivity contribution in [3.8, 4) is 0 Å². The summed E-state index contributed by atoms with van der Waals surface area (Å²) in [6.07, 6.45) is 3.08. The van der Waals surface area contributed by atoms with Crippen LogP contribution in [0.15, 0.2) is 61.7 Å². The van der Waals surface area contributed by atoms with Gasteiger partial charge in [-0.25, -0.2) is 9.59 Å². The van der Waals surface area contributed by atoms with Crippen LogP contribution in [0.1, 0.15) is 45.7 Å². The molecular formula is C24H22O6. The van der Waals surface area contributed by atoms with Gasteiger partial charge < -0.3 is 9.47 Å². The van der Waals surface area contributed by atoms with Gasteiger partial charge in [0.2, 0.25) is 0 Å². The van der Waals surface area contributed by atoms with E-state index in [0.29, 0.717) is 11.1 Å². The zero-order valence-corrected chi connectivity index (χ0v) is 16.8. The van der Waals surface area contributed by atoms with E-state index >= 15 is 0 Å². The van der Waals surface area contributed by atoms with Gasteiger partial charge in [-0.3, -0.25) is 9.59 Å². The van der Waals surface area contributed by atoms with E-state index in [9.17, 15) is 19.2 Å². The van der Waals surface area contributed by atoms with E-state index in [4.69, 9.17) is 9.47 Å². The van der Waals surface area contributed by atoms with Crippen LogP contribution in [0.5, 0.6) is 0 Å². The van der Waals surface area contributed by atoms with Crippen molar-refractivity contribution in [1.82, 2.24) is 0 Å². The van der Waals surface area contributed by atoms with Crippen LogP contribution < -0.4 is 0 Å². The van der Waals surface area contributed by atoms with E-state index in [-0.39, 0.29) is 11.1 Å². The summed E-state index contributed by atoms with van der Waals surface area (Å²) in [6.45, 7) is 10.4. The van der Waals surface area contributed by atoms with Crippen LogP contribution in [-0.4, -0.2) is 23.9 Å². The Morgan fingerprint density at radius 2 is 1.17 bits per heavy atom. The molecule has 2 aromatic carbocycles. The molecule has 0 aromatic heterocycles. The molecule has 0 radical (unpaired) electrons. The van der Waals surface area contributed by atoms with Crippen molar-refractivity contribution in [2.24, 2.45) is 11.8 Å². The standard InChI is InChI=1S/C24H22O6/c1-5-16-9-7-11-18(13-16)21(25)29-23(27)20(15(3)4)24(28)30-22(26)19-12-8-10-17(6-2)14-19/h5-15,20H,1-2H2,3-4H3. The zero-order chi connectivity index (χ0) is 22.3. The summed E-state index contributed by atoms with van der Waals surface area (Å²) in [5.41, 5.74) is 1.61. The first kappa shape index (κ1) is 22.5. The highest BCUT2D eigenvalue weighted by molar-refractivity contribution is 6.07. The average Bonchev–Trinajstić information content (AvgIpc) is 2.73. The highest BCUT2D eigenvalue weighted by Crippen LogP contribution is 2.18. The second-order valence-electron chi connectivity index (χ2n) is 6.80. The molecule has 6 heteroatoms. The fraction of sp³-hybridized carbons (Fsp3) is 0.167. The summed E-state index contributed by atoms with van der Waals surface area (Å²) in [6, 6.07) is 12.6. The molecule has 0 bridgehead atoms. The molecular weight excluding hydrogens is 384 g/mol. The van der Waals surface area contributed by atoms with Crippen LogP contribution in [0.3, 0.4) is 0 Å². The number of hydrogen-bond acceptors (Lipinski definition) is 6. The lowest BCUT2D eigenvalue weighted by molar-refractivity contribution is -0.157. The van der Waals surface area contributed by atoms with Crippen molar-refractivity contribution in [3.05, 3.63) is 83.9 Å². The van der Waals surface area contributed by atoms with Crippen molar-refractivity contribution >= 4 is 36.0 Å². The Morgan fingerprint density at radius 3 is 1.50 bits per heavy atom. The minimum absolute atomic E-state index is 0.133. The largest absolute Gasteiger partial charge is 0.389 e. The lowest BCUT2D eigenvalue weighted by Gasteiger charge is -2.17. The maximum absolute atomic E-state index is 12.5. The summed E-state index contributed by atoms with van der Waals surface area (Å²) in [5.74, 6) is -6.00. The molecule has 0 aliphatic rings. The van der Waals surface area contributed by atoms with Gasteiger partial charge in [-0.15, -0.1) is 0 Å². The summed E-state index contributed by atoms with van der Waals surface area (Å²) in [5, 5.41) is 0. The minimum Gasteiger partial charge on any atom is -0.389 e. The first-order chi connectivity index (χ1) is 14.3. The third kappa shape index (κ3) is 5.61. The van der Waals surface area contributed by atoms with Gasteiger partial charge in [0, 0.05) is 0 Å². The zero-order valence-electron chi connectivity index (χ0n) is 16.8. The number of carbonyl (C=O) groups is 4. The van der Waals surface area contributed by atoms with E-state index in [1.54, 1.807) is 50.3 Å². The summed E-state index contributed by atoms with van der Waals surface area (Å²) in [7, 11) is 0. The molecule has 0 fully saturated rings. The van der Waals surface area contributed by atoms with Gasteiger partial charge >= 0.3 is 23.9 Å². The van der Waals surface area contributed by atoms with Crippen LogP contribution in [0.25, 0.3) is 12.2 Å². The Morgan fingerprint density at radius 1 is 0.767 bits per heavy atom. The topological polar surface area (TPSA) is 86.7 Å². The molecule has 154 valence electrons. The van der Waals surface area contributed by atoms with Crippen molar-refractivity contribution < 1.29 is 28.7 Å². The molecule has 2 rings (SSSR count). The Hall–Kier alpha value is -3.80. The predicted molar refractivity (Wildman–Crippen MR) is 112 cm³/mol. The molecule has 0 aliphatic carbocycles. The molecule has 6 nitrogen and oxygen atoms in total. The normalized spacial score (nSPS) is 10.4. The van der Waals surface area contributed by atoms with Crippen molar-refractivity contribution in [1.29, 1.82) is 0 Å². The highest BCUT2D eigenvalue weighted by Gasteiger charge is 2.36. The molecule has 0 saturated heterocycles. The van der Waals surface area contributed by atoms with E-state index in [2.05, 4.69) is 13.2 Å². The van der Waals surface area contributed by atoms with Gasteiger partial charge in [-0.05, 0) is 41.3 Å². The number of carbonyl (C=O) groups excluding carboxylic acids is 4. The lowest BCUT2D eigenvalue weighted by atomic mass is 9.96. The molecule has 0 spiro atoms. The average molecular weight is 406 g/mol. The van der Waals surface area contributed by atoms with Crippen LogP contribution in [0.4, 0.5) is 0 Å². The van der Waals surface area contributed by atoms with Gasteiger partial charge in [-0.2, -0.15) is 0 Å². The Bertz CT molecular complexity index is 925. The monoisotopic (exact) mass is 406 g/mol. The quantitative estimate of drug-likeness (QED) is 0.503. The van der Waals surface area contributed by atoms with Crippen LogP contribution >= 0.6 is 0 Å². The Labute approximate surface area is 174 Å². The minimum atomic E-state index is -1.44. The fourth-order valence-corrected chi connectivity index (χ4v) is 2.65. The van der Waals surface area contributed by atoms with Gasteiger partial charge in [0.15, 0.2) is 5.92 Å². The first-order valence-electron chi connectivity index (χ1n) is 9.23. The third-order valence-electron chi connectivity index (χ3n) is 4.28. The number of rotatable bonds is 7. The summed E-state index contributed by atoms with van der Waals surface area (Å²) < 4.78 is 9.73. The number of benzene rings is 2. The molecule has 30 heavy (non-hydrogen) atoms. The smallest absolute Gasteiger partial charge is 0.345 e. The van der Waals surface area contributed by atoms with Crippen LogP contribution in [0.2, 0.25) is 0 Å². The first-order valence-corrected chi connectivity index (χ1v) is 9.23. The fourth-order valence-electron chi connectivity index (χ4n) is 2.65. The Kier molecular flexibility index (Phi) is 7.58. The van der Waals surface area contributed by atoms with E-state index in [1.165, 1.54) is 24.3 Å². The van der Waals surface area contributed by atoms with Crippen molar-refractivity contribution in [3.63, 3.8) is 0 Å². The van der Waals surface area contributed by atoms with Crippen molar-refractivity contribution in [2.45, 2.75) is 13.8 Å². The molecule has 2 aromatic rings. The molecule has 0 N–H and O–H groups in total. The molecule has 0 aliphatic heterocycles. The maximum atomic E-state index is 12.5.